The number of aromatic nitrogens is 2. The van der Waals surface area contributed by atoms with E-state index < -0.39 is 0 Å². The highest BCUT2D eigenvalue weighted by Gasteiger charge is 2.23. The van der Waals surface area contributed by atoms with Gasteiger partial charge >= 0.3 is 0 Å². The summed E-state index contributed by atoms with van der Waals surface area (Å²) in [6.07, 6.45) is 2.42. The number of hydrogen-bond acceptors (Lipinski definition) is 7. The molecule has 8 nitrogen and oxygen atoms in total. The molecule has 0 unspecified atom stereocenters. The van der Waals surface area contributed by atoms with Crippen molar-refractivity contribution in [2.75, 3.05) is 62.8 Å². The highest BCUT2D eigenvalue weighted by Crippen LogP contribution is 2.26. The van der Waals surface area contributed by atoms with Gasteiger partial charge in [0.15, 0.2) is 29.7 Å². The zero-order chi connectivity index (χ0) is 21.6. The van der Waals surface area contributed by atoms with E-state index in [1.54, 1.807) is 13.2 Å². The van der Waals surface area contributed by atoms with Crippen LogP contribution in [0.2, 0.25) is 0 Å². The van der Waals surface area contributed by atoms with E-state index in [2.05, 4.69) is 33.0 Å². The number of carbonyl (C=O) groups excluding carboxylic acids is 1. The lowest BCUT2D eigenvalue weighted by Gasteiger charge is -2.35. The van der Waals surface area contributed by atoms with Gasteiger partial charge in [-0.2, -0.15) is 0 Å². The van der Waals surface area contributed by atoms with Crippen LogP contribution in [0.15, 0.2) is 36.4 Å². The number of benzene rings is 1. The Labute approximate surface area is 183 Å². The summed E-state index contributed by atoms with van der Waals surface area (Å²) in [7, 11) is 1.59. The molecule has 0 radical (unpaired) electrons. The summed E-state index contributed by atoms with van der Waals surface area (Å²) < 4.78 is 10.9. The van der Waals surface area contributed by atoms with E-state index in [9.17, 15) is 4.79 Å². The average molecular weight is 426 g/mol. The summed E-state index contributed by atoms with van der Waals surface area (Å²) in [5.41, 5.74) is 0. The predicted octanol–water partition coefficient (Wildman–Crippen LogP) is 2.45. The predicted molar refractivity (Wildman–Crippen MR) is 120 cm³/mol. The molecule has 0 bridgehead atoms. The summed E-state index contributed by atoms with van der Waals surface area (Å²) in [5.74, 6) is 3.80. The van der Waals surface area contributed by atoms with Gasteiger partial charge in [0.1, 0.15) is 0 Å². The van der Waals surface area contributed by atoms with Gasteiger partial charge < -0.3 is 24.2 Å². The van der Waals surface area contributed by atoms with Crippen LogP contribution in [0.1, 0.15) is 19.8 Å². The van der Waals surface area contributed by atoms with Crippen LogP contribution in [-0.4, -0.2) is 74.0 Å². The van der Waals surface area contributed by atoms with E-state index in [0.717, 1.165) is 43.7 Å². The fourth-order valence-corrected chi connectivity index (χ4v) is 4.05. The molecule has 1 amide bonds. The summed E-state index contributed by atoms with van der Waals surface area (Å²) >= 11 is 0. The molecule has 3 heterocycles. The standard InChI is InChI=1S/C23H31N5O3/c1-18-9-11-26(12-10-18)21-7-8-22(25-24-21)27-13-15-28(16-14-27)23(29)17-31-20-6-4-3-5-19(20)30-2/h3-8,18H,9-17H2,1-2H3. The molecule has 0 N–H and O–H groups in total. The second kappa shape index (κ2) is 9.85. The highest BCUT2D eigenvalue weighted by molar-refractivity contribution is 5.78. The molecule has 1 aromatic heterocycles. The van der Waals surface area contributed by atoms with Crippen molar-refractivity contribution in [3.8, 4) is 11.5 Å². The van der Waals surface area contributed by atoms with Gasteiger partial charge in [0.2, 0.25) is 0 Å². The maximum atomic E-state index is 12.6. The molecule has 2 aliphatic heterocycles. The maximum Gasteiger partial charge on any atom is 0.260 e. The fourth-order valence-electron chi connectivity index (χ4n) is 4.05. The molecule has 8 heteroatoms. The first-order valence-electron chi connectivity index (χ1n) is 11.0. The van der Waals surface area contributed by atoms with E-state index in [4.69, 9.17) is 9.47 Å². The number of amides is 1. The molecule has 2 aromatic rings. The first kappa shape index (κ1) is 21.2. The second-order valence-corrected chi connectivity index (χ2v) is 8.23. The Hall–Kier alpha value is -3.03. The molecule has 2 fully saturated rings. The number of nitrogens with zero attached hydrogens (tertiary/aromatic N) is 5. The van der Waals surface area contributed by atoms with Crippen molar-refractivity contribution in [2.24, 2.45) is 5.92 Å². The van der Waals surface area contributed by atoms with Gasteiger partial charge in [0.05, 0.1) is 7.11 Å². The van der Waals surface area contributed by atoms with Crippen LogP contribution in [0.25, 0.3) is 0 Å². The summed E-state index contributed by atoms with van der Waals surface area (Å²) in [4.78, 5) is 18.9. The maximum absolute atomic E-state index is 12.6. The number of para-hydroxylation sites is 2. The lowest BCUT2D eigenvalue weighted by atomic mass is 9.99. The zero-order valence-corrected chi connectivity index (χ0v) is 18.4. The third-order valence-electron chi connectivity index (χ3n) is 6.12. The molecule has 2 aliphatic rings. The minimum absolute atomic E-state index is 0.00330. The van der Waals surface area contributed by atoms with Gasteiger partial charge in [-0.15, -0.1) is 10.2 Å². The molecule has 4 rings (SSSR count). The lowest BCUT2D eigenvalue weighted by Crippen LogP contribution is -2.50. The molecule has 166 valence electrons. The Kier molecular flexibility index (Phi) is 6.74. The summed E-state index contributed by atoms with van der Waals surface area (Å²) in [6, 6.07) is 11.5. The number of hydrogen-bond donors (Lipinski definition) is 0. The van der Waals surface area contributed by atoms with Crippen LogP contribution in [0.3, 0.4) is 0 Å². The zero-order valence-electron chi connectivity index (χ0n) is 18.4. The molecule has 1 aromatic carbocycles. The molecular formula is C23H31N5O3. The number of methoxy groups -OCH3 is 1. The van der Waals surface area contributed by atoms with E-state index in [1.807, 2.05) is 29.2 Å². The van der Waals surface area contributed by atoms with E-state index in [-0.39, 0.29) is 12.5 Å². The summed E-state index contributed by atoms with van der Waals surface area (Å²) in [5, 5.41) is 8.91. The Bertz CT molecular complexity index is 860. The molecule has 0 atom stereocenters. The van der Waals surface area contributed by atoms with Gasteiger partial charge in [-0.05, 0) is 43.0 Å². The van der Waals surface area contributed by atoms with E-state index >= 15 is 0 Å². The minimum Gasteiger partial charge on any atom is -0.493 e. The van der Waals surface area contributed by atoms with Gasteiger partial charge in [0, 0.05) is 39.3 Å². The van der Waals surface area contributed by atoms with Crippen LogP contribution in [0, 0.1) is 5.92 Å². The Morgan fingerprint density at radius 3 is 2.06 bits per heavy atom. The van der Waals surface area contributed by atoms with Gasteiger partial charge in [-0.25, -0.2) is 0 Å². The van der Waals surface area contributed by atoms with Crippen molar-refractivity contribution in [3.63, 3.8) is 0 Å². The number of anilines is 2. The number of carbonyl (C=O) groups is 1. The molecule has 0 aliphatic carbocycles. The van der Waals surface area contributed by atoms with Crippen LogP contribution >= 0.6 is 0 Å². The number of rotatable bonds is 6. The van der Waals surface area contributed by atoms with Crippen LogP contribution in [0.4, 0.5) is 11.6 Å². The fraction of sp³-hybridized carbons (Fsp3) is 0.522. The molecular weight excluding hydrogens is 394 g/mol. The number of ether oxygens (including phenoxy) is 2. The molecule has 31 heavy (non-hydrogen) atoms. The topological polar surface area (TPSA) is 71.0 Å². The highest BCUT2D eigenvalue weighted by atomic mass is 16.5. The monoisotopic (exact) mass is 425 g/mol. The largest absolute Gasteiger partial charge is 0.493 e. The van der Waals surface area contributed by atoms with Gasteiger partial charge in [-0.3, -0.25) is 4.79 Å². The molecule has 0 saturated carbocycles. The average Bonchev–Trinajstić information content (AvgIpc) is 2.83. The number of piperazine rings is 1. The SMILES string of the molecule is COc1ccccc1OCC(=O)N1CCN(c2ccc(N3CCC(C)CC3)nn2)CC1. The van der Waals surface area contributed by atoms with Gasteiger partial charge in [-0.1, -0.05) is 19.1 Å². The minimum atomic E-state index is -0.0219. The Morgan fingerprint density at radius 1 is 0.903 bits per heavy atom. The van der Waals surface area contributed by atoms with E-state index in [1.165, 1.54) is 12.8 Å². The smallest absolute Gasteiger partial charge is 0.260 e. The Balaban J connectivity index is 1.26. The van der Waals surface area contributed by atoms with Gasteiger partial charge in [0.25, 0.3) is 5.91 Å². The van der Waals surface area contributed by atoms with Crippen molar-refractivity contribution < 1.29 is 14.3 Å². The first-order valence-corrected chi connectivity index (χ1v) is 11.0. The molecule has 0 spiro atoms. The summed E-state index contributed by atoms with van der Waals surface area (Å²) in [6.45, 7) is 7.15. The van der Waals surface area contributed by atoms with Crippen molar-refractivity contribution in [1.29, 1.82) is 0 Å². The first-order chi connectivity index (χ1) is 15.1. The normalized spacial score (nSPS) is 17.5. The quantitative estimate of drug-likeness (QED) is 0.704. The van der Waals surface area contributed by atoms with Crippen LogP contribution < -0.4 is 19.3 Å². The van der Waals surface area contributed by atoms with Crippen molar-refractivity contribution in [3.05, 3.63) is 36.4 Å². The lowest BCUT2D eigenvalue weighted by molar-refractivity contribution is -0.133. The second-order valence-electron chi connectivity index (χ2n) is 8.23. The van der Waals surface area contributed by atoms with Crippen LogP contribution in [-0.2, 0) is 4.79 Å². The number of piperidine rings is 1. The van der Waals surface area contributed by atoms with Crippen molar-refractivity contribution in [2.45, 2.75) is 19.8 Å². The Morgan fingerprint density at radius 2 is 1.48 bits per heavy atom. The van der Waals surface area contributed by atoms with E-state index in [0.29, 0.717) is 24.6 Å². The van der Waals surface area contributed by atoms with Crippen molar-refractivity contribution >= 4 is 17.5 Å². The third-order valence-corrected chi connectivity index (χ3v) is 6.12. The van der Waals surface area contributed by atoms with Crippen LogP contribution in [0.5, 0.6) is 11.5 Å². The molecule has 2 saturated heterocycles. The van der Waals surface area contributed by atoms with Crippen molar-refractivity contribution in [1.82, 2.24) is 15.1 Å². The third kappa shape index (κ3) is 5.18.